The first kappa shape index (κ1) is 7.96. The normalized spacial score (nSPS) is 12.0. The summed E-state index contributed by atoms with van der Waals surface area (Å²) in [7, 11) is 0. The quantitative estimate of drug-likeness (QED) is 0.535. The molecule has 0 bridgehead atoms. The van der Waals surface area contributed by atoms with Crippen molar-refractivity contribution < 1.29 is 4.74 Å². The van der Waals surface area contributed by atoms with Crippen molar-refractivity contribution in [2.75, 3.05) is 6.61 Å². The van der Waals surface area contributed by atoms with Crippen molar-refractivity contribution in [1.29, 1.82) is 0 Å². The van der Waals surface area contributed by atoms with Gasteiger partial charge in [0.15, 0.2) is 0 Å². The zero-order valence-corrected chi connectivity index (χ0v) is 6.19. The van der Waals surface area contributed by atoms with Crippen LogP contribution in [0.2, 0.25) is 0 Å². The second-order valence-corrected chi connectivity index (χ2v) is 2.83. The molecule has 0 heterocycles. The lowest BCUT2D eigenvalue weighted by atomic mass is 10.2. The summed E-state index contributed by atoms with van der Waals surface area (Å²) in [4.78, 5) is 0. The van der Waals surface area contributed by atoms with E-state index < -0.39 is 0 Å². The summed E-state index contributed by atoms with van der Waals surface area (Å²) in [6.45, 7) is 8.90. The van der Waals surface area contributed by atoms with Crippen LogP contribution < -0.4 is 0 Å². The van der Waals surface area contributed by atoms with Gasteiger partial charge in [-0.2, -0.15) is 0 Å². The van der Waals surface area contributed by atoms with E-state index in [0.717, 1.165) is 6.61 Å². The fourth-order valence-corrected chi connectivity index (χ4v) is 0.333. The Morgan fingerprint density at radius 1 is 1.38 bits per heavy atom. The molecule has 0 aliphatic carbocycles. The van der Waals surface area contributed by atoms with E-state index in [9.17, 15) is 0 Å². The Kier molecular flexibility index (Phi) is 3.06. The van der Waals surface area contributed by atoms with E-state index in [-0.39, 0.29) is 5.60 Å². The van der Waals surface area contributed by atoms with E-state index in [1.54, 1.807) is 0 Å². The second-order valence-electron chi connectivity index (χ2n) is 2.83. The first-order chi connectivity index (χ1) is 3.56. The van der Waals surface area contributed by atoms with Crippen molar-refractivity contribution >= 4 is 0 Å². The van der Waals surface area contributed by atoms with Crippen LogP contribution in [-0.2, 0) is 4.74 Å². The van der Waals surface area contributed by atoms with Crippen molar-refractivity contribution in [3.8, 4) is 0 Å². The summed E-state index contributed by atoms with van der Waals surface area (Å²) in [6.07, 6.45) is 2.01. The van der Waals surface area contributed by atoms with Crippen molar-refractivity contribution in [3.05, 3.63) is 6.42 Å². The average Bonchev–Trinajstić information content (AvgIpc) is 1.59. The molecule has 0 unspecified atom stereocenters. The number of hydrogen-bond acceptors (Lipinski definition) is 1. The van der Waals surface area contributed by atoms with E-state index in [4.69, 9.17) is 4.74 Å². The van der Waals surface area contributed by atoms with Gasteiger partial charge in [-0.05, 0) is 27.2 Å². The SMILES string of the molecule is C[CH]COC(C)(C)C. The number of rotatable bonds is 2. The van der Waals surface area contributed by atoms with Gasteiger partial charge in [0.05, 0.1) is 12.2 Å². The molecule has 0 saturated heterocycles. The van der Waals surface area contributed by atoms with E-state index in [1.165, 1.54) is 0 Å². The van der Waals surface area contributed by atoms with Crippen LogP contribution in [0, 0.1) is 6.42 Å². The molecular weight excluding hydrogens is 100 g/mol. The minimum absolute atomic E-state index is 0.0203. The van der Waals surface area contributed by atoms with E-state index >= 15 is 0 Å². The van der Waals surface area contributed by atoms with Gasteiger partial charge in [0.2, 0.25) is 0 Å². The van der Waals surface area contributed by atoms with Gasteiger partial charge in [-0.15, -0.1) is 0 Å². The van der Waals surface area contributed by atoms with Crippen molar-refractivity contribution in [3.63, 3.8) is 0 Å². The predicted octanol–water partition coefficient (Wildman–Crippen LogP) is 2.03. The van der Waals surface area contributed by atoms with Gasteiger partial charge in [0, 0.05) is 0 Å². The van der Waals surface area contributed by atoms with Crippen LogP contribution in [0.3, 0.4) is 0 Å². The van der Waals surface area contributed by atoms with Gasteiger partial charge in [0.1, 0.15) is 0 Å². The summed E-state index contributed by atoms with van der Waals surface area (Å²) in [5.41, 5.74) is 0.0203. The molecule has 49 valence electrons. The van der Waals surface area contributed by atoms with Crippen LogP contribution in [0.5, 0.6) is 0 Å². The van der Waals surface area contributed by atoms with Gasteiger partial charge < -0.3 is 4.74 Å². The highest BCUT2D eigenvalue weighted by Crippen LogP contribution is 2.05. The van der Waals surface area contributed by atoms with E-state index in [1.807, 2.05) is 13.3 Å². The fourth-order valence-electron chi connectivity index (χ4n) is 0.333. The van der Waals surface area contributed by atoms with Crippen molar-refractivity contribution in [2.45, 2.75) is 33.3 Å². The Labute approximate surface area is 52.0 Å². The largest absolute Gasteiger partial charge is 0.376 e. The third kappa shape index (κ3) is 5.96. The summed E-state index contributed by atoms with van der Waals surface area (Å²) in [6, 6.07) is 0. The van der Waals surface area contributed by atoms with Crippen molar-refractivity contribution in [1.82, 2.24) is 0 Å². The molecule has 0 aromatic heterocycles. The Bertz CT molecular complexity index is 51.9. The third-order valence-corrected chi connectivity index (χ3v) is 0.683. The molecule has 0 spiro atoms. The van der Waals surface area contributed by atoms with Gasteiger partial charge in [0.25, 0.3) is 0 Å². The van der Waals surface area contributed by atoms with Crippen LogP contribution in [0.4, 0.5) is 0 Å². The van der Waals surface area contributed by atoms with Gasteiger partial charge in [-0.1, -0.05) is 6.92 Å². The lowest BCUT2D eigenvalue weighted by molar-refractivity contribution is 0.00988. The fraction of sp³-hybridized carbons (Fsp3) is 0.857. The van der Waals surface area contributed by atoms with E-state index in [0.29, 0.717) is 0 Å². The highest BCUT2D eigenvalue weighted by molar-refractivity contribution is 4.62. The molecule has 0 atom stereocenters. The summed E-state index contributed by atoms with van der Waals surface area (Å²) in [5.74, 6) is 0. The maximum atomic E-state index is 5.32. The Balaban J connectivity index is 3.11. The first-order valence-corrected chi connectivity index (χ1v) is 2.98. The van der Waals surface area contributed by atoms with Crippen LogP contribution >= 0.6 is 0 Å². The first-order valence-electron chi connectivity index (χ1n) is 2.98. The van der Waals surface area contributed by atoms with Gasteiger partial charge >= 0.3 is 0 Å². The van der Waals surface area contributed by atoms with Crippen LogP contribution in [-0.4, -0.2) is 12.2 Å². The minimum atomic E-state index is 0.0203. The van der Waals surface area contributed by atoms with Crippen molar-refractivity contribution in [2.24, 2.45) is 0 Å². The molecule has 0 aromatic carbocycles. The van der Waals surface area contributed by atoms with Crippen LogP contribution in [0.25, 0.3) is 0 Å². The predicted molar refractivity (Wildman–Crippen MR) is 35.7 cm³/mol. The molecule has 0 N–H and O–H groups in total. The Morgan fingerprint density at radius 2 is 1.88 bits per heavy atom. The topological polar surface area (TPSA) is 9.23 Å². The molecule has 0 amide bonds. The Morgan fingerprint density at radius 3 is 2.00 bits per heavy atom. The van der Waals surface area contributed by atoms with Crippen LogP contribution in [0.1, 0.15) is 27.7 Å². The molecule has 1 radical (unpaired) electrons. The molecular formula is C7H15O. The minimum Gasteiger partial charge on any atom is -0.376 e. The molecule has 1 heteroatoms. The highest BCUT2D eigenvalue weighted by atomic mass is 16.5. The zero-order valence-electron chi connectivity index (χ0n) is 6.19. The molecule has 8 heavy (non-hydrogen) atoms. The maximum absolute atomic E-state index is 5.32. The second kappa shape index (κ2) is 3.08. The number of hydrogen-bond donors (Lipinski definition) is 0. The average molecular weight is 115 g/mol. The highest BCUT2D eigenvalue weighted by Gasteiger charge is 2.07. The lowest BCUT2D eigenvalue weighted by Crippen LogP contribution is -2.19. The molecule has 0 aliphatic rings. The smallest absolute Gasteiger partial charge is 0.0598 e. The molecule has 1 nitrogen and oxygen atoms in total. The molecule has 0 rings (SSSR count). The third-order valence-electron chi connectivity index (χ3n) is 0.683. The number of ether oxygens (including phenoxy) is 1. The summed E-state index contributed by atoms with van der Waals surface area (Å²) >= 11 is 0. The molecule has 0 aliphatic heterocycles. The summed E-state index contributed by atoms with van der Waals surface area (Å²) < 4.78 is 5.32. The summed E-state index contributed by atoms with van der Waals surface area (Å²) in [5, 5.41) is 0. The monoisotopic (exact) mass is 115 g/mol. The molecule has 0 aromatic rings. The van der Waals surface area contributed by atoms with E-state index in [2.05, 4.69) is 20.8 Å². The van der Waals surface area contributed by atoms with Crippen LogP contribution in [0.15, 0.2) is 0 Å². The maximum Gasteiger partial charge on any atom is 0.0598 e. The van der Waals surface area contributed by atoms with Gasteiger partial charge in [-0.25, -0.2) is 0 Å². The molecule has 0 fully saturated rings. The Hall–Kier alpha value is -0.0400. The lowest BCUT2D eigenvalue weighted by Gasteiger charge is -2.18. The standard InChI is InChI=1S/C7H15O/c1-5-6-8-7(2,3)4/h5H,6H2,1-4H3. The van der Waals surface area contributed by atoms with Gasteiger partial charge in [-0.3, -0.25) is 0 Å². The molecule has 0 saturated carbocycles. The zero-order chi connectivity index (χ0) is 6.62.